The third-order valence-electron chi connectivity index (χ3n) is 2.89. The number of carbonyl (C=O) groups is 1. The van der Waals surface area contributed by atoms with Gasteiger partial charge in [-0.05, 0) is 0 Å². The molecule has 0 spiro atoms. The second-order valence-corrected chi connectivity index (χ2v) is 4.11. The number of nitrogens with one attached hydrogen (secondary N) is 1. The highest BCUT2D eigenvalue weighted by Gasteiger charge is 2.19. The minimum absolute atomic E-state index is 0.0812. The number of nitrogens with zero attached hydrogens (tertiary/aromatic N) is 2. The van der Waals surface area contributed by atoms with E-state index >= 15 is 0 Å². The average molecular weight is 273 g/mol. The van der Waals surface area contributed by atoms with Gasteiger partial charge in [0.15, 0.2) is 11.5 Å². The first-order chi connectivity index (χ1) is 9.59. The van der Waals surface area contributed by atoms with Crippen LogP contribution >= 0.6 is 0 Å². The Hall–Kier alpha value is -2.96. The van der Waals surface area contributed by atoms with Crippen LogP contribution in [0.3, 0.4) is 0 Å². The van der Waals surface area contributed by atoms with Gasteiger partial charge in [-0.25, -0.2) is 14.2 Å². The van der Waals surface area contributed by atoms with Gasteiger partial charge in [0.2, 0.25) is 0 Å². The maximum absolute atomic E-state index is 14.2. The molecule has 2 heterocycles. The van der Waals surface area contributed by atoms with Gasteiger partial charge in [-0.2, -0.15) is 4.52 Å². The molecule has 0 aliphatic carbocycles. The molecule has 0 radical (unpaired) electrons. The number of aromatic amines is 1. The number of H-pyrrole nitrogens is 1. The monoisotopic (exact) mass is 273 g/mol. The van der Waals surface area contributed by atoms with E-state index in [9.17, 15) is 14.0 Å². The van der Waals surface area contributed by atoms with Gasteiger partial charge in [-0.15, -0.1) is 0 Å². The van der Waals surface area contributed by atoms with E-state index in [-0.39, 0.29) is 11.3 Å². The zero-order chi connectivity index (χ0) is 14.3. The molecule has 0 aliphatic rings. The Kier molecular flexibility index (Phi) is 2.60. The van der Waals surface area contributed by atoms with Crippen molar-refractivity contribution in [3.63, 3.8) is 0 Å². The predicted molar refractivity (Wildman–Crippen MR) is 68.2 cm³/mol. The van der Waals surface area contributed by atoms with Crippen molar-refractivity contribution in [2.75, 3.05) is 0 Å². The van der Waals surface area contributed by atoms with Crippen LogP contribution in [-0.2, 0) is 0 Å². The summed E-state index contributed by atoms with van der Waals surface area (Å²) in [5, 5.41) is 11.4. The average Bonchev–Trinajstić information content (AvgIpc) is 2.78. The molecule has 2 aromatic heterocycles. The Bertz CT molecular complexity index is 868. The summed E-state index contributed by atoms with van der Waals surface area (Å²) in [5.41, 5.74) is -1.00. The lowest BCUT2D eigenvalue weighted by Gasteiger charge is -1.95. The number of aromatic carboxylic acids is 1. The van der Waals surface area contributed by atoms with Crippen molar-refractivity contribution in [3.8, 4) is 11.3 Å². The van der Waals surface area contributed by atoms with Crippen LogP contribution in [0, 0.1) is 5.82 Å². The summed E-state index contributed by atoms with van der Waals surface area (Å²) < 4.78 is 15.0. The van der Waals surface area contributed by atoms with E-state index in [0.717, 1.165) is 10.7 Å². The van der Waals surface area contributed by atoms with E-state index in [1.165, 1.54) is 0 Å². The maximum Gasteiger partial charge on any atom is 0.343 e. The van der Waals surface area contributed by atoms with Crippen LogP contribution in [-0.4, -0.2) is 25.7 Å². The third kappa shape index (κ3) is 1.68. The van der Waals surface area contributed by atoms with E-state index in [2.05, 4.69) is 10.1 Å². The van der Waals surface area contributed by atoms with Gasteiger partial charge < -0.3 is 5.11 Å². The largest absolute Gasteiger partial charge is 0.477 e. The summed E-state index contributed by atoms with van der Waals surface area (Å²) in [7, 11) is 0. The molecule has 3 rings (SSSR count). The number of carboxylic acid groups (broad SMARTS) is 1. The number of benzene rings is 1. The molecule has 0 atom stereocenters. The summed E-state index contributed by atoms with van der Waals surface area (Å²) in [4.78, 5) is 26.5. The van der Waals surface area contributed by atoms with Crippen molar-refractivity contribution >= 4 is 11.6 Å². The highest BCUT2D eigenvalue weighted by atomic mass is 19.1. The number of aromatic nitrogens is 3. The van der Waals surface area contributed by atoms with Crippen molar-refractivity contribution in [2.24, 2.45) is 0 Å². The van der Waals surface area contributed by atoms with Gasteiger partial charge in [0.25, 0.3) is 5.56 Å². The second kappa shape index (κ2) is 4.30. The van der Waals surface area contributed by atoms with Crippen LogP contribution in [0.4, 0.5) is 4.39 Å². The number of halogens is 1. The van der Waals surface area contributed by atoms with Gasteiger partial charge in [0, 0.05) is 11.8 Å². The second-order valence-electron chi connectivity index (χ2n) is 4.11. The van der Waals surface area contributed by atoms with E-state index in [1.807, 2.05) is 0 Å². The van der Waals surface area contributed by atoms with Gasteiger partial charge in [0.05, 0.1) is 0 Å². The molecule has 6 nitrogen and oxygen atoms in total. The summed E-state index contributed by atoms with van der Waals surface area (Å²) in [6.07, 6.45) is 0.853. The minimum Gasteiger partial charge on any atom is -0.477 e. The van der Waals surface area contributed by atoms with Crippen molar-refractivity contribution in [1.82, 2.24) is 14.6 Å². The summed E-state index contributed by atoms with van der Waals surface area (Å²) >= 11 is 0. The first-order valence-corrected chi connectivity index (χ1v) is 5.67. The zero-order valence-electron chi connectivity index (χ0n) is 10.0. The van der Waals surface area contributed by atoms with Gasteiger partial charge in [-0.3, -0.25) is 9.89 Å². The molecule has 3 aromatic rings. The van der Waals surface area contributed by atoms with E-state index in [0.29, 0.717) is 5.56 Å². The van der Waals surface area contributed by atoms with Crippen LogP contribution in [0.5, 0.6) is 0 Å². The molecule has 20 heavy (non-hydrogen) atoms. The number of fused-ring (bicyclic) bond motifs is 1. The molecule has 7 heteroatoms. The standard InChI is InChI=1S/C13H8FN3O3/c14-9-10(7-4-2-1-3-5-7)16-17-11(9)15-6-8(12(17)18)13(19)20/h1-6,16H,(H,19,20). The van der Waals surface area contributed by atoms with Crippen LogP contribution < -0.4 is 5.56 Å². The Labute approximate surface area is 111 Å². The van der Waals surface area contributed by atoms with E-state index in [4.69, 9.17) is 5.11 Å². The number of carboxylic acids is 1. The molecule has 0 saturated heterocycles. The molecule has 100 valence electrons. The van der Waals surface area contributed by atoms with Crippen LogP contribution in [0.15, 0.2) is 41.3 Å². The molecule has 0 saturated carbocycles. The first-order valence-electron chi connectivity index (χ1n) is 5.67. The van der Waals surface area contributed by atoms with E-state index < -0.39 is 22.9 Å². The smallest absolute Gasteiger partial charge is 0.343 e. The fraction of sp³-hybridized carbons (Fsp3) is 0. The van der Waals surface area contributed by atoms with Crippen molar-refractivity contribution in [3.05, 3.63) is 58.3 Å². The van der Waals surface area contributed by atoms with Crippen molar-refractivity contribution in [2.45, 2.75) is 0 Å². The van der Waals surface area contributed by atoms with Gasteiger partial charge >= 0.3 is 5.97 Å². The highest BCUT2D eigenvalue weighted by Crippen LogP contribution is 2.22. The lowest BCUT2D eigenvalue weighted by Crippen LogP contribution is -2.23. The fourth-order valence-electron chi connectivity index (χ4n) is 1.93. The topological polar surface area (TPSA) is 87.5 Å². The fourth-order valence-corrected chi connectivity index (χ4v) is 1.93. The summed E-state index contributed by atoms with van der Waals surface area (Å²) in [6, 6.07) is 8.54. The summed E-state index contributed by atoms with van der Waals surface area (Å²) in [5.74, 6) is -2.11. The highest BCUT2D eigenvalue weighted by molar-refractivity contribution is 5.87. The normalized spacial score (nSPS) is 10.8. The van der Waals surface area contributed by atoms with Gasteiger partial charge in [-0.1, -0.05) is 30.3 Å². The molecule has 2 N–H and O–H groups in total. The lowest BCUT2D eigenvalue weighted by molar-refractivity contribution is 0.0694. The van der Waals surface area contributed by atoms with Crippen LogP contribution in [0.2, 0.25) is 0 Å². The first kappa shape index (κ1) is 12.1. The number of rotatable bonds is 2. The number of hydrogen-bond acceptors (Lipinski definition) is 3. The molecule has 0 unspecified atom stereocenters. The molecule has 0 fully saturated rings. The SMILES string of the molecule is O=C(O)c1cnc2c(F)c(-c3ccccc3)[nH]n2c1=O. The van der Waals surface area contributed by atoms with Crippen LogP contribution in [0.25, 0.3) is 16.9 Å². The Morgan fingerprint density at radius 3 is 2.65 bits per heavy atom. The quantitative estimate of drug-likeness (QED) is 0.741. The lowest BCUT2D eigenvalue weighted by atomic mass is 10.1. The van der Waals surface area contributed by atoms with Crippen molar-refractivity contribution in [1.29, 1.82) is 0 Å². The molecular formula is C13H8FN3O3. The molecule has 0 bridgehead atoms. The zero-order valence-corrected chi connectivity index (χ0v) is 10.0. The predicted octanol–water partition coefficient (Wildman–Crippen LogP) is 1.53. The van der Waals surface area contributed by atoms with E-state index in [1.54, 1.807) is 30.3 Å². The number of hydrogen-bond donors (Lipinski definition) is 2. The molecule has 0 aliphatic heterocycles. The summed E-state index contributed by atoms with van der Waals surface area (Å²) in [6.45, 7) is 0. The molecule has 1 aromatic carbocycles. The Balaban J connectivity index is 2.33. The molecule has 0 amide bonds. The Morgan fingerprint density at radius 1 is 1.30 bits per heavy atom. The Morgan fingerprint density at radius 2 is 2.00 bits per heavy atom. The molecular weight excluding hydrogens is 265 g/mol. The minimum atomic E-state index is -1.41. The third-order valence-corrected chi connectivity index (χ3v) is 2.89. The van der Waals surface area contributed by atoms with Crippen LogP contribution in [0.1, 0.15) is 10.4 Å². The van der Waals surface area contributed by atoms with Crippen molar-refractivity contribution < 1.29 is 14.3 Å². The van der Waals surface area contributed by atoms with Gasteiger partial charge in [0.1, 0.15) is 11.3 Å². The maximum atomic E-state index is 14.2.